The maximum atomic E-state index is 11.9. The lowest BCUT2D eigenvalue weighted by Gasteiger charge is -2.12. The molecule has 2 N–H and O–H groups in total. The zero-order valence-corrected chi connectivity index (χ0v) is 13.3. The van der Waals surface area contributed by atoms with Crippen LogP contribution in [0.1, 0.15) is 19.8 Å². The molecule has 0 radical (unpaired) electrons. The van der Waals surface area contributed by atoms with Crippen molar-refractivity contribution >= 4 is 11.6 Å². The van der Waals surface area contributed by atoms with Gasteiger partial charge in [0, 0.05) is 13.0 Å². The lowest BCUT2D eigenvalue weighted by atomic mass is 10.2. The summed E-state index contributed by atoms with van der Waals surface area (Å²) in [6.07, 6.45) is 1.55. The van der Waals surface area contributed by atoms with Crippen LogP contribution in [0.5, 0.6) is 5.75 Å². The van der Waals surface area contributed by atoms with Crippen molar-refractivity contribution < 1.29 is 9.53 Å². The Morgan fingerprint density at radius 3 is 2.71 bits per heavy atom. The van der Waals surface area contributed by atoms with Crippen LogP contribution in [0.15, 0.2) is 24.3 Å². The van der Waals surface area contributed by atoms with Gasteiger partial charge in [0.1, 0.15) is 5.75 Å². The summed E-state index contributed by atoms with van der Waals surface area (Å²) in [6.45, 7) is 5.19. The van der Waals surface area contributed by atoms with Crippen LogP contribution in [-0.2, 0) is 4.79 Å². The van der Waals surface area contributed by atoms with Gasteiger partial charge < -0.3 is 20.3 Å². The Kier molecular flexibility index (Phi) is 8.47. The first-order chi connectivity index (χ1) is 10.1. The van der Waals surface area contributed by atoms with Crippen molar-refractivity contribution in [2.24, 2.45) is 0 Å². The second-order valence-electron chi connectivity index (χ2n) is 5.13. The minimum absolute atomic E-state index is 0.00210. The molecule has 118 valence electrons. The molecule has 0 aliphatic heterocycles. The van der Waals surface area contributed by atoms with E-state index in [2.05, 4.69) is 29.6 Å². The molecule has 0 aromatic heterocycles. The van der Waals surface area contributed by atoms with E-state index in [0.717, 1.165) is 25.2 Å². The Morgan fingerprint density at radius 1 is 1.24 bits per heavy atom. The molecule has 1 aromatic carbocycles. The molecule has 0 atom stereocenters. The molecule has 21 heavy (non-hydrogen) atoms. The van der Waals surface area contributed by atoms with Crippen LogP contribution in [0.2, 0.25) is 0 Å². The monoisotopic (exact) mass is 293 g/mol. The summed E-state index contributed by atoms with van der Waals surface area (Å²) in [5.74, 6) is 0.717. The average Bonchev–Trinajstić information content (AvgIpc) is 2.45. The first-order valence-electron chi connectivity index (χ1n) is 7.50. The van der Waals surface area contributed by atoms with E-state index in [-0.39, 0.29) is 5.91 Å². The van der Waals surface area contributed by atoms with Gasteiger partial charge in [-0.05, 0) is 52.7 Å². The van der Waals surface area contributed by atoms with Crippen LogP contribution in [0.25, 0.3) is 0 Å². The second-order valence-corrected chi connectivity index (χ2v) is 5.13. The summed E-state index contributed by atoms with van der Waals surface area (Å²) >= 11 is 0. The number of ether oxygens (including phenoxy) is 1. The second kappa shape index (κ2) is 10.2. The minimum atomic E-state index is 0.00210. The molecule has 0 saturated heterocycles. The molecule has 1 aromatic rings. The van der Waals surface area contributed by atoms with Crippen molar-refractivity contribution in [2.45, 2.75) is 19.8 Å². The quantitative estimate of drug-likeness (QED) is 0.648. The highest BCUT2D eigenvalue weighted by Crippen LogP contribution is 2.23. The van der Waals surface area contributed by atoms with Crippen molar-refractivity contribution in [1.82, 2.24) is 10.2 Å². The van der Waals surface area contributed by atoms with E-state index in [9.17, 15) is 4.79 Å². The Hall–Kier alpha value is -1.59. The first kappa shape index (κ1) is 17.5. The van der Waals surface area contributed by atoms with E-state index in [1.54, 1.807) is 0 Å². The van der Waals surface area contributed by atoms with Gasteiger partial charge in [0.15, 0.2) is 0 Å². The van der Waals surface area contributed by atoms with Crippen molar-refractivity contribution in [2.75, 3.05) is 45.7 Å². The van der Waals surface area contributed by atoms with Crippen LogP contribution in [0, 0.1) is 0 Å². The molecular formula is C16H27N3O2. The van der Waals surface area contributed by atoms with E-state index in [4.69, 9.17) is 4.74 Å². The molecule has 5 nitrogen and oxygen atoms in total. The number of para-hydroxylation sites is 2. The summed E-state index contributed by atoms with van der Waals surface area (Å²) in [6, 6.07) is 7.50. The predicted octanol–water partition coefficient (Wildman–Crippen LogP) is 1.96. The van der Waals surface area contributed by atoms with Crippen molar-refractivity contribution in [3.63, 3.8) is 0 Å². The van der Waals surface area contributed by atoms with Gasteiger partial charge in [-0.2, -0.15) is 0 Å². The fraction of sp³-hybridized carbons (Fsp3) is 0.562. The standard InChI is InChI=1S/C16H27N3O2/c1-4-21-15-9-6-5-8-14(15)18-16(20)10-12-17-11-7-13-19(2)3/h5-6,8-9,17H,4,7,10-13H2,1-3H3,(H,18,20). The molecule has 0 aliphatic rings. The van der Waals surface area contributed by atoms with Gasteiger partial charge in [-0.25, -0.2) is 0 Å². The van der Waals surface area contributed by atoms with Crippen LogP contribution < -0.4 is 15.4 Å². The number of nitrogens with one attached hydrogen (secondary N) is 2. The molecule has 1 amide bonds. The number of hydrogen-bond donors (Lipinski definition) is 2. The SMILES string of the molecule is CCOc1ccccc1NC(=O)CCNCCCN(C)C. The summed E-state index contributed by atoms with van der Waals surface area (Å²) in [5.41, 5.74) is 0.733. The number of nitrogens with zero attached hydrogens (tertiary/aromatic N) is 1. The third kappa shape index (κ3) is 7.68. The maximum absolute atomic E-state index is 11.9. The van der Waals surface area contributed by atoms with Gasteiger partial charge in [-0.1, -0.05) is 12.1 Å². The smallest absolute Gasteiger partial charge is 0.225 e. The molecule has 0 unspecified atom stereocenters. The zero-order valence-electron chi connectivity index (χ0n) is 13.3. The third-order valence-electron chi connectivity index (χ3n) is 2.95. The number of anilines is 1. The largest absolute Gasteiger partial charge is 0.492 e. The van der Waals surface area contributed by atoms with Gasteiger partial charge in [-0.3, -0.25) is 4.79 Å². The summed E-state index contributed by atoms with van der Waals surface area (Å²) in [7, 11) is 4.12. The molecule has 0 bridgehead atoms. The van der Waals surface area contributed by atoms with Crippen LogP contribution >= 0.6 is 0 Å². The Balaban J connectivity index is 2.24. The molecule has 0 fully saturated rings. The van der Waals surface area contributed by atoms with E-state index in [1.165, 1.54) is 0 Å². The van der Waals surface area contributed by atoms with E-state index < -0.39 is 0 Å². The fourth-order valence-corrected chi connectivity index (χ4v) is 1.91. The zero-order chi connectivity index (χ0) is 15.5. The van der Waals surface area contributed by atoms with E-state index in [1.807, 2.05) is 31.2 Å². The van der Waals surface area contributed by atoms with Crippen LogP contribution in [0.4, 0.5) is 5.69 Å². The number of carbonyl (C=O) groups excluding carboxylic acids is 1. The molecule has 5 heteroatoms. The number of benzene rings is 1. The predicted molar refractivity (Wildman–Crippen MR) is 86.9 cm³/mol. The molecule has 0 heterocycles. The molecular weight excluding hydrogens is 266 g/mol. The van der Waals surface area contributed by atoms with Gasteiger partial charge >= 0.3 is 0 Å². The summed E-state index contributed by atoms with van der Waals surface area (Å²) in [4.78, 5) is 14.0. The number of hydrogen-bond acceptors (Lipinski definition) is 4. The van der Waals surface area contributed by atoms with Gasteiger partial charge in [0.25, 0.3) is 0 Å². The van der Waals surface area contributed by atoms with Crippen molar-refractivity contribution in [3.8, 4) is 5.75 Å². The fourth-order valence-electron chi connectivity index (χ4n) is 1.91. The molecule has 0 spiro atoms. The average molecular weight is 293 g/mol. The molecule has 0 aliphatic carbocycles. The van der Waals surface area contributed by atoms with Gasteiger partial charge in [0.2, 0.25) is 5.91 Å². The van der Waals surface area contributed by atoms with Crippen molar-refractivity contribution in [1.29, 1.82) is 0 Å². The van der Waals surface area contributed by atoms with E-state index >= 15 is 0 Å². The highest BCUT2D eigenvalue weighted by atomic mass is 16.5. The highest BCUT2D eigenvalue weighted by molar-refractivity contribution is 5.92. The summed E-state index contributed by atoms with van der Waals surface area (Å²) < 4.78 is 5.48. The highest BCUT2D eigenvalue weighted by Gasteiger charge is 2.06. The van der Waals surface area contributed by atoms with Gasteiger partial charge in [-0.15, -0.1) is 0 Å². The Labute approximate surface area is 127 Å². The lowest BCUT2D eigenvalue weighted by Crippen LogP contribution is -2.25. The lowest BCUT2D eigenvalue weighted by molar-refractivity contribution is -0.116. The van der Waals surface area contributed by atoms with Crippen molar-refractivity contribution in [3.05, 3.63) is 24.3 Å². The number of carbonyl (C=O) groups is 1. The third-order valence-corrected chi connectivity index (χ3v) is 2.95. The first-order valence-corrected chi connectivity index (χ1v) is 7.50. The molecule has 1 rings (SSSR count). The number of rotatable bonds is 10. The molecule has 0 saturated carbocycles. The number of amides is 1. The van der Waals surface area contributed by atoms with Crippen LogP contribution in [0.3, 0.4) is 0 Å². The summed E-state index contributed by atoms with van der Waals surface area (Å²) in [5, 5.41) is 6.17. The Bertz CT molecular complexity index is 422. The normalized spacial score (nSPS) is 10.7. The maximum Gasteiger partial charge on any atom is 0.225 e. The Morgan fingerprint density at radius 2 is 2.00 bits per heavy atom. The van der Waals surface area contributed by atoms with Crippen LogP contribution in [-0.4, -0.2) is 51.1 Å². The van der Waals surface area contributed by atoms with Gasteiger partial charge in [0.05, 0.1) is 12.3 Å². The topological polar surface area (TPSA) is 53.6 Å². The van der Waals surface area contributed by atoms with E-state index in [0.29, 0.717) is 25.3 Å². The minimum Gasteiger partial charge on any atom is -0.492 e.